The van der Waals surface area contributed by atoms with Crippen LogP contribution < -0.4 is 0 Å². The first-order valence-electron chi connectivity index (χ1n) is 7.14. The normalized spacial score (nSPS) is 10.3. The molecule has 0 saturated heterocycles. The molecule has 0 aliphatic carbocycles. The second-order valence-electron chi connectivity index (χ2n) is 5.31. The number of carbonyl (C=O) groups is 2. The van der Waals surface area contributed by atoms with E-state index in [1.165, 1.54) is 17.2 Å². The third-order valence-electron chi connectivity index (χ3n) is 3.32. The molecule has 0 N–H and O–H groups in total. The fraction of sp³-hybridized carbons (Fsp3) is 0.235. The molecule has 0 unspecified atom stereocenters. The van der Waals surface area contributed by atoms with Crippen molar-refractivity contribution in [1.29, 1.82) is 0 Å². The molecule has 0 aliphatic heterocycles. The summed E-state index contributed by atoms with van der Waals surface area (Å²) in [6.45, 7) is 2.07. The number of ether oxygens (including phenoxy) is 1. The smallest absolute Gasteiger partial charge is 0.340 e. The summed E-state index contributed by atoms with van der Waals surface area (Å²) in [4.78, 5) is 29.2. The number of benzene rings is 1. The fourth-order valence-corrected chi connectivity index (χ4v) is 2.18. The number of hydrogen-bond donors (Lipinski definition) is 0. The maximum atomic E-state index is 12.1. The van der Waals surface area contributed by atoms with E-state index < -0.39 is 5.97 Å². The number of aromatic nitrogens is 1. The minimum absolute atomic E-state index is 0.0992. The Morgan fingerprint density at radius 2 is 1.88 bits per heavy atom. The lowest BCUT2D eigenvalue weighted by molar-refractivity contribution is -0.133. The van der Waals surface area contributed by atoms with E-state index in [-0.39, 0.29) is 28.3 Å². The molecule has 0 fully saturated rings. The molecule has 1 heterocycles. The molecule has 0 atom stereocenters. The number of nitrogens with zero attached hydrogens (tertiary/aromatic N) is 2. The van der Waals surface area contributed by atoms with Crippen molar-refractivity contribution >= 4 is 35.1 Å². The number of pyridine rings is 1. The van der Waals surface area contributed by atoms with Gasteiger partial charge in [0.25, 0.3) is 5.91 Å². The summed E-state index contributed by atoms with van der Waals surface area (Å²) in [6.07, 6.45) is 1.25. The van der Waals surface area contributed by atoms with Gasteiger partial charge in [0.05, 0.1) is 10.6 Å². The lowest BCUT2D eigenvalue weighted by Gasteiger charge is -2.17. The summed E-state index contributed by atoms with van der Waals surface area (Å²) in [5.74, 6) is -0.991. The van der Waals surface area contributed by atoms with Gasteiger partial charge in [-0.25, -0.2) is 9.78 Å². The van der Waals surface area contributed by atoms with Crippen molar-refractivity contribution in [2.45, 2.75) is 13.5 Å². The Kier molecular flexibility index (Phi) is 6.17. The number of carbonyl (C=O) groups excluding carboxylic acids is 2. The van der Waals surface area contributed by atoms with Crippen LogP contribution in [0.5, 0.6) is 0 Å². The molecule has 1 amide bonds. The molecule has 1 aromatic heterocycles. The van der Waals surface area contributed by atoms with E-state index in [0.29, 0.717) is 6.54 Å². The summed E-state index contributed by atoms with van der Waals surface area (Å²) in [7, 11) is 1.65. The van der Waals surface area contributed by atoms with Crippen LogP contribution >= 0.6 is 23.2 Å². The van der Waals surface area contributed by atoms with E-state index >= 15 is 0 Å². The van der Waals surface area contributed by atoms with E-state index in [2.05, 4.69) is 4.98 Å². The van der Waals surface area contributed by atoms with Crippen molar-refractivity contribution in [3.05, 3.63) is 63.4 Å². The molecule has 126 valence electrons. The summed E-state index contributed by atoms with van der Waals surface area (Å²) in [6, 6.07) is 9.20. The summed E-state index contributed by atoms with van der Waals surface area (Å²) in [5, 5.41) is 0.246. The van der Waals surface area contributed by atoms with Crippen LogP contribution in [0.2, 0.25) is 10.2 Å². The van der Waals surface area contributed by atoms with Crippen molar-refractivity contribution < 1.29 is 14.3 Å². The third kappa shape index (κ3) is 4.94. The topological polar surface area (TPSA) is 59.5 Å². The first-order valence-corrected chi connectivity index (χ1v) is 7.90. The second-order valence-corrected chi connectivity index (χ2v) is 6.07. The van der Waals surface area contributed by atoms with Crippen LogP contribution in [0.15, 0.2) is 36.5 Å². The molecule has 5 nitrogen and oxygen atoms in total. The van der Waals surface area contributed by atoms with E-state index in [0.717, 1.165) is 11.1 Å². The first-order chi connectivity index (χ1) is 11.4. The van der Waals surface area contributed by atoms with Crippen molar-refractivity contribution in [2.24, 2.45) is 0 Å². The van der Waals surface area contributed by atoms with Gasteiger partial charge in [-0.05, 0) is 18.6 Å². The molecular weight excluding hydrogens is 351 g/mol. The van der Waals surface area contributed by atoms with Crippen LogP contribution in [0.1, 0.15) is 21.5 Å². The van der Waals surface area contributed by atoms with Gasteiger partial charge in [0.1, 0.15) is 5.15 Å². The standard InChI is InChI=1S/C17H16Cl2N2O3/c1-11-3-5-12(6-4-11)9-21(2)15(22)10-24-17(23)13-7-14(18)16(19)20-8-13/h3-8H,9-10H2,1-2H3. The van der Waals surface area contributed by atoms with Gasteiger partial charge in [-0.1, -0.05) is 53.0 Å². The number of aryl methyl sites for hydroxylation is 1. The van der Waals surface area contributed by atoms with Gasteiger partial charge < -0.3 is 9.64 Å². The van der Waals surface area contributed by atoms with Gasteiger partial charge in [-0.15, -0.1) is 0 Å². The highest BCUT2D eigenvalue weighted by Crippen LogP contribution is 2.20. The minimum Gasteiger partial charge on any atom is -0.452 e. The lowest BCUT2D eigenvalue weighted by Crippen LogP contribution is -2.30. The third-order valence-corrected chi connectivity index (χ3v) is 4.01. The second kappa shape index (κ2) is 8.13. The molecule has 1 aromatic carbocycles. The Labute approximate surface area is 150 Å². The number of halogens is 2. The maximum Gasteiger partial charge on any atom is 0.340 e. The summed E-state index contributed by atoms with van der Waals surface area (Å²) in [5.41, 5.74) is 2.28. The number of likely N-dealkylation sites (N-methyl/N-ethyl adjacent to an activating group) is 1. The molecule has 2 rings (SSSR count). The fourth-order valence-electron chi connectivity index (χ4n) is 1.91. The molecule has 0 aliphatic rings. The van der Waals surface area contributed by atoms with Crippen molar-refractivity contribution in [3.8, 4) is 0 Å². The Morgan fingerprint density at radius 3 is 2.50 bits per heavy atom. The van der Waals surface area contributed by atoms with Crippen LogP contribution in [-0.2, 0) is 16.1 Å². The van der Waals surface area contributed by atoms with E-state index in [4.69, 9.17) is 27.9 Å². The zero-order valence-electron chi connectivity index (χ0n) is 13.3. The van der Waals surface area contributed by atoms with Crippen LogP contribution in [-0.4, -0.2) is 35.4 Å². The van der Waals surface area contributed by atoms with Gasteiger partial charge >= 0.3 is 5.97 Å². The summed E-state index contributed by atoms with van der Waals surface area (Å²) < 4.78 is 4.99. The highest BCUT2D eigenvalue weighted by molar-refractivity contribution is 6.41. The Morgan fingerprint density at radius 1 is 1.21 bits per heavy atom. The van der Waals surface area contributed by atoms with Crippen LogP contribution in [0.25, 0.3) is 0 Å². The quantitative estimate of drug-likeness (QED) is 0.599. The van der Waals surface area contributed by atoms with E-state index in [9.17, 15) is 9.59 Å². The van der Waals surface area contributed by atoms with Gasteiger partial charge in [-0.2, -0.15) is 0 Å². The maximum absolute atomic E-state index is 12.1. The van der Waals surface area contributed by atoms with Crippen molar-refractivity contribution in [2.75, 3.05) is 13.7 Å². The average molecular weight is 367 g/mol. The Balaban J connectivity index is 1.88. The largest absolute Gasteiger partial charge is 0.452 e. The van der Waals surface area contributed by atoms with E-state index in [1.807, 2.05) is 31.2 Å². The number of hydrogen-bond acceptors (Lipinski definition) is 4. The van der Waals surface area contributed by atoms with Gasteiger partial charge in [0.2, 0.25) is 0 Å². The molecule has 7 heteroatoms. The van der Waals surface area contributed by atoms with Crippen LogP contribution in [0.3, 0.4) is 0 Å². The van der Waals surface area contributed by atoms with Gasteiger partial charge in [0.15, 0.2) is 6.61 Å². The predicted molar refractivity (Wildman–Crippen MR) is 92.2 cm³/mol. The van der Waals surface area contributed by atoms with Crippen LogP contribution in [0, 0.1) is 6.92 Å². The van der Waals surface area contributed by atoms with Gasteiger partial charge in [-0.3, -0.25) is 4.79 Å². The number of esters is 1. The molecule has 0 bridgehead atoms. The molecule has 0 radical (unpaired) electrons. The zero-order chi connectivity index (χ0) is 17.7. The molecule has 24 heavy (non-hydrogen) atoms. The number of amides is 1. The molecular formula is C17H16Cl2N2O3. The molecule has 2 aromatic rings. The first kappa shape index (κ1) is 18.2. The lowest BCUT2D eigenvalue weighted by atomic mass is 10.1. The molecule has 0 saturated carbocycles. The Hall–Kier alpha value is -2.11. The van der Waals surface area contributed by atoms with E-state index in [1.54, 1.807) is 7.05 Å². The zero-order valence-corrected chi connectivity index (χ0v) is 14.8. The SMILES string of the molecule is Cc1ccc(CN(C)C(=O)COC(=O)c2cnc(Cl)c(Cl)c2)cc1. The minimum atomic E-state index is -0.682. The van der Waals surface area contributed by atoms with Crippen molar-refractivity contribution in [1.82, 2.24) is 9.88 Å². The Bertz CT molecular complexity index is 748. The van der Waals surface area contributed by atoms with Crippen molar-refractivity contribution in [3.63, 3.8) is 0 Å². The highest BCUT2D eigenvalue weighted by atomic mass is 35.5. The van der Waals surface area contributed by atoms with Gasteiger partial charge in [0, 0.05) is 19.8 Å². The monoisotopic (exact) mass is 366 g/mol. The predicted octanol–water partition coefficient (Wildman–Crippen LogP) is 3.51. The van der Waals surface area contributed by atoms with Crippen LogP contribution in [0.4, 0.5) is 0 Å². The average Bonchev–Trinajstić information content (AvgIpc) is 2.56. The molecule has 0 spiro atoms. The number of rotatable bonds is 5. The summed E-state index contributed by atoms with van der Waals surface area (Å²) >= 11 is 11.5. The highest BCUT2D eigenvalue weighted by Gasteiger charge is 2.15.